The Labute approximate surface area is 104 Å². The molecule has 90 valence electrons. The number of aryl methyl sites for hydroxylation is 2. The topological polar surface area (TPSA) is 64.9 Å². The van der Waals surface area contributed by atoms with Crippen molar-refractivity contribution in [2.24, 2.45) is 0 Å². The third kappa shape index (κ3) is 1.62. The van der Waals surface area contributed by atoms with Gasteiger partial charge in [-0.25, -0.2) is 4.98 Å². The van der Waals surface area contributed by atoms with E-state index in [1.165, 1.54) is 0 Å². The maximum atomic E-state index is 5.87. The predicted octanol–water partition coefficient (Wildman–Crippen LogP) is 3.09. The number of nitrogens with two attached hydrogens (primary N) is 1. The molecule has 0 aliphatic rings. The fourth-order valence-corrected chi connectivity index (χ4v) is 2.00. The average molecular weight is 239 g/mol. The van der Waals surface area contributed by atoms with E-state index in [1.807, 2.05) is 44.2 Å². The van der Waals surface area contributed by atoms with Gasteiger partial charge in [-0.05, 0) is 38.1 Å². The van der Waals surface area contributed by atoms with Gasteiger partial charge in [-0.15, -0.1) is 0 Å². The molecule has 0 spiro atoms. The third-order valence-electron chi connectivity index (χ3n) is 2.91. The summed E-state index contributed by atoms with van der Waals surface area (Å²) in [6.45, 7) is 3.90. The van der Waals surface area contributed by atoms with E-state index in [1.54, 1.807) is 0 Å². The lowest BCUT2D eigenvalue weighted by Crippen LogP contribution is -1.90. The summed E-state index contributed by atoms with van der Waals surface area (Å²) < 4.78 is 5.72. The van der Waals surface area contributed by atoms with Crippen molar-refractivity contribution in [2.75, 3.05) is 5.73 Å². The van der Waals surface area contributed by atoms with Crippen LogP contribution in [0.25, 0.3) is 22.6 Å². The van der Waals surface area contributed by atoms with Crippen molar-refractivity contribution in [1.82, 2.24) is 9.97 Å². The largest absolute Gasteiger partial charge is 0.436 e. The van der Waals surface area contributed by atoms with Crippen LogP contribution in [0.2, 0.25) is 0 Å². The second-order valence-corrected chi connectivity index (χ2v) is 4.30. The van der Waals surface area contributed by atoms with Crippen molar-refractivity contribution in [3.8, 4) is 11.5 Å². The van der Waals surface area contributed by atoms with Gasteiger partial charge in [0, 0.05) is 5.69 Å². The molecular weight excluding hydrogens is 226 g/mol. The number of nitrogen functional groups attached to an aromatic ring is 1. The quantitative estimate of drug-likeness (QED) is 0.663. The summed E-state index contributed by atoms with van der Waals surface area (Å²) in [6, 6.07) is 9.44. The second kappa shape index (κ2) is 3.84. The van der Waals surface area contributed by atoms with Gasteiger partial charge in [0.25, 0.3) is 0 Å². The second-order valence-electron chi connectivity index (χ2n) is 4.30. The highest BCUT2D eigenvalue weighted by Crippen LogP contribution is 2.28. The van der Waals surface area contributed by atoms with E-state index < -0.39 is 0 Å². The molecule has 3 rings (SSSR count). The van der Waals surface area contributed by atoms with E-state index >= 15 is 0 Å². The molecule has 4 nitrogen and oxygen atoms in total. The van der Waals surface area contributed by atoms with E-state index in [0.29, 0.717) is 22.7 Å². The highest BCUT2D eigenvalue weighted by molar-refractivity contribution is 5.87. The molecule has 0 saturated carbocycles. The molecule has 0 aliphatic carbocycles. The number of benzene rings is 1. The summed E-state index contributed by atoms with van der Waals surface area (Å²) in [6.07, 6.45) is 0. The van der Waals surface area contributed by atoms with Crippen molar-refractivity contribution in [3.05, 3.63) is 41.7 Å². The predicted molar refractivity (Wildman–Crippen MR) is 71.1 cm³/mol. The van der Waals surface area contributed by atoms with E-state index in [2.05, 4.69) is 9.97 Å². The lowest BCUT2D eigenvalue weighted by molar-refractivity contribution is 0.618. The van der Waals surface area contributed by atoms with Gasteiger partial charge >= 0.3 is 0 Å². The molecule has 2 aromatic heterocycles. The smallest absolute Gasteiger partial charge is 0.229 e. The first-order chi connectivity index (χ1) is 8.65. The fourth-order valence-electron chi connectivity index (χ4n) is 2.00. The normalized spacial score (nSPS) is 11.0. The van der Waals surface area contributed by atoms with E-state index in [9.17, 15) is 0 Å². The number of hydrogen-bond acceptors (Lipinski definition) is 4. The Morgan fingerprint density at radius 1 is 1.06 bits per heavy atom. The molecule has 0 unspecified atom stereocenters. The first kappa shape index (κ1) is 10.8. The van der Waals surface area contributed by atoms with Gasteiger partial charge in [0.15, 0.2) is 5.58 Å². The molecule has 4 heteroatoms. The Bertz CT molecular complexity index is 731. The van der Waals surface area contributed by atoms with Crippen LogP contribution in [0.5, 0.6) is 0 Å². The van der Waals surface area contributed by atoms with E-state index in [-0.39, 0.29) is 0 Å². The zero-order valence-corrected chi connectivity index (χ0v) is 10.3. The van der Waals surface area contributed by atoms with Crippen molar-refractivity contribution in [1.29, 1.82) is 0 Å². The monoisotopic (exact) mass is 239 g/mol. The fraction of sp³-hybridized carbons (Fsp3) is 0.143. The molecule has 0 fully saturated rings. The van der Waals surface area contributed by atoms with E-state index in [4.69, 9.17) is 10.2 Å². The van der Waals surface area contributed by atoms with Crippen LogP contribution in [0.3, 0.4) is 0 Å². The SMILES string of the molecule is Cc1ccc(-c2nc3c(N)cccc3o2)c(C)n1. The number of pyridine rings is 1. The Balaban J connectivity index is 2.23. The summed E-state index contributed by atoms with van der Waals surface area (Å²) in [7, 11) is 0. The number of rotatable bonds is 1. The van der Waals surface area contributed by atoms with Crippen LogP contribution < -0.4 is 5.73 Å². The zero-order chi connectivity index (χ0) is 12.7. The lowest BCUT2D eigenvalue weighted by Gasteiger charge is -2.00. The Hall–Kier alpha value is -2.36. The van der Waals surface area contributed by atoms with Crippen LogP contribution in [0.15, 0.2) is 34.7 Å². The van der Waals surface area contributed by atoms with Gasteiger partial charge in [-0.3, -0.25) is 4.98 Å². The highest BCUT2D eigenvalue weighted by atomic mass is 16.3. The van der Waals surface area contributed by atoms with Gasteiger partial charge in [0.1, 0.15) is 5.52 Å². The molecule has 3 aromatic rings. The van der Waals surface area contributed by atoms with Crippen LogP contribution in [-0.4, -0.2) is 9.97 Å². The van der Waals surface area contributed by atoms with Crippen molar-refractivity contribution >= 4 is 16.8 Å². The van der Waals surface area contributed by atoms with Gasteiger partial charge in [0.2, 0.25) is 5.89 Å². The Morgan fingerprint density at radius 3 is 2.61 bits per heavy atom. The standard InChI is InChI=1S/C14H13N3O/c1-8-6-7-10(9(2)16-8)14-17-13-11(15)4-3-5-12(13)18-14/h3-7H,15H2,1-2H3. The van der Waals surface area contributed by atoms with Crippen LogP contribution in [0, 0.1) is 13.8 Å². The van der Waals surface area contributed by atoms with Gasteiger partial charge in [-0.2, -0.15) is 0 Å². The molecule has 2 N–H and O–H groups in total. The number of hydrogen-bond donors (Lipinski definition) is 1. The molecule has 18 heavy (non-hydrogen) atoms. The number of oxazole rings is 1. The summed E-state index contributed by atoms with van der Waals surface area (Å²) in [5, 5.41) is 0. The Morgan fingerprint density at radius 2 is 1.89 bits per heavy atom. The molecule has 0 saturated heterocycles. The van der Waals surface area contributed by atoms with Gasteiger partial charge in [0.05, 0.1) is 16.9 Å². The summed E-state index contributed by atoms with van der Waals surface area (Å²) in [5.74, 6) is 0.563. The minimum absolute atomic E-state index is 0.563. The van der Waals surface area contributed by atoms with Crippen LogP contribution in [0.1, 0.15) is 11.4 Å². The average Bonchev–Trinajstić information content (AvgIpc) is 2.74. The lowest BCUT2D eigenvalue weighted by atomic mass is 10.2. The third-order valence-corrected chi connectivity index (χ3v) is 2.91. The molecular formula is C14H13N3O. The number of aromatic nitrogens is 2. The summed E-state index contributed by atoms with van der Waals surface area (Å²) in [4.78, 5) is 8.85. The van der Waals surface area contributed by atoms with Crippen LogP contribution in [0.4, 0.5) is 5.69 Å². The molecule has 0 aliphatic heterocycles. The number of nitrogens with zero attached hydrogens (tertiary/aromatic N) is 2. The summed E-state index contributed by atoms with van der Waals surface area (Å²) in [5.41, 5.74) is 10.7. The molecule has 0 atom stereocenters. The molecule has 1 aromatic carbocycles. The number of para-hydroxylation sites is 1. The van der Waals surface area contributed by atoms with Gasteiger partial charge in [-0.1, -0.05) is 6.07 Å². The van der Waals surface area contributed by atoms with E-state index in [0.717, 1.165) is 17.0 Å². The van der Waals surface area contributed by atoms with Crippen molar-refractivity contribution < 1.29 is 4.42 Å². The zero-order valence-electron chi connectivity index (χ0n) is 10.3. The summed E-state index contributed by atoms with van der Waals surface area (Å²) >= 11 is 0. The number of fused-ring (bicyclic) bond motifs is 1. The molecule has 0 amide bonds. The highest BCUT2D eigenvalue weighted by Gasteiger charge is 2.12. The minimum Gasteiger partial charge on any atom is -0.436 e. The maximum absolute atomic E-state index is 5.87. The van der Waals surface area contributed by atoms with Gasteiger partial charge < -0.3 is 10.2 Å². The molecule has 0 bridgehead atoms. The van der Waals surface area contributed by atoms with Crippen LogP contribution >= 0.6 is 0 Å². The van der Waals surface area contributed by atoms with Crippen molar-refractivity contribution in [2.45, 2.75) is 13.8 Å². The van der Waals surface area contributed by atoms with Crippen LogP contribution in [-0.2, 0) is 0 Å². The first-order valence-electron chi connectivity index (χ1n) is 5.75. The first-order valence-corrected chi connectivity index (χ1v) is 5.75. The maximum Gasteiger partial charge on any atom is 0.229 e. The number of anilines is 1. The minimum atomic E-state index is 0.563. The molecule has 2 heterocycles. The van der Waals surface area contributed by atoms with Crippen molar-refractivity contribution in [3.63, 3.8) is 0 Å². The molecule has 0 radical (unpaired) electrons. The Kier molecular flexibility index (Phi) is 2.30.